The number of piperidine rings is 1. The highest BCUT2D eigenvalue weighted by molar-refractivity contribution is 9.10. The first-order chi connectivity index (χ1) is 12.2. The van der Waals surface area contributed by atoms with Gasteiger partial charge in [0.1, 0.15) is 0 Å². The first kappa shape index (κ1) is 17.9. The van der Waals surface area contributed by atoms with Crippen molar-refractivity contribution in [2.45, 2.75) is 51.5 Å². The standard InChI is InChI=1S/C21H29BrN2S/c1-4-6-24-11-13(12-25-3)7-15-16-8-14(22)9-19-21(16)17(10-20(15)24)18(5-2)23-19/h8-9,13,15,20,23H,4-7,10-12H2,1-3H3/t13-,15?,20-/m1/s1. The van der Waals surface area contributed by atoms with Gasteiger partial charge in [-0.25, -0.2) is 0 Å². The number of benzene rings is 1. The third kappa shape index (κ3) is 3.08. The minimum absolute atomic E-state index is 0.684. The van der Waals surface area contributed by atoms with Crippen LogP contribution in [0.3, 0.4) is 0 Å². The number of fused-ring (bicyclic) bond motifs is 2. The SMILES string of the molecule is CCCN1C[C@H](CSC)CC2c3cc(Br)cc4[nH]c(CC)c(c34)C[C@H]21. The molecule has 0 amide bonds. The highest BCUT2D eigenvalue weighted by Gasteiger charge is 2.41. The van der Waals surface area contributed by atoms with Crippen molar-refractivity contribution in [1.82, 2.24) is 9.88 Å². The average Bonchev–Trinajstić information content (AvgIpc) is 2.94. The Balaban J connectivity index is 1.83. The van der Waals surface area contributed by atoms with Crippen LogP contribution in [0.4, 0.5) is 0 Å². The molecule has 2 aliphatic rings. The molecule has 1 fully saturated rings. The second-order valence-corrected chi connectivity index (χ2v) is 9.61. The van der Waals surface area contributed by atoms with Gasteiger partial charge in [-0.3, -0.25) is 4.90 Å². The quantitative estimate of drug-likeness (QED) is 0.678. The average molecular weight is 421 g/mol. The van der Waals surface area contributed by atoms with Gasteiger partial charge in [0.15, 0.2) is 0 Å². The lowest BCUT2D eigenvalue weighted by molar-refractivity contribution is 0.0925. The third-order valence-electron chi connectivity index (χ3n) is 6.18. The topological polar surface area (TPSA) is 19.0 Å². The predicted octanol–water partition coefficient (Wildman–Crippen LogP) is 5.60. The van der Waals surface area contributed by atoms with Gasteiger partial charge in [-0.15, -0.1) is 0 Å². The normalized spacial score (nSPS) is 26.2. The Labute approximate surface area is 164 Å². The van der Waals surface area contributed by atoms with Gasteiger partial charge in [-0.2, -0.15) is 11.8 Å². The molecular weight excluding hydrogens is 392 g/mol. The number of rotatable bonds is 5. The van der Waals surface area contributed by atoms with Gasteiger partial charge in [-0.05, 0) is 73.4 Å². The summed E-state index contributed by atoms with van der Waals surface area (Å²) in [5, 5.41) is 1.54. The zero-order valence-electron chi connectivity index (χ0n) is 15.6. The van der Waals surface area contributed by atoms with Crippen LogP contribution in [-0.2, 0) is 12.8 Å². The van der Waals surface area contributed by atoms with E-state index in [1.165, 1.54) is 53.8 Å². The minimum atomic E-state index is 0.684. The Hall–Kier alpha value is -0.450. The summed E-state index contributed by atoms with van der Waals surface area (Å²) in [5.74, 6) is 2.80. The Morgan fingerprint density at radius 3 is 2.88 bits per heavy atom. The predicted molar refractivity (Wildman–Crippen MR) is 114 cm³/mol. The van der Waals surface area contributed by atoms with Gasteiger partial charge in [0.05, 0.1) is 0 Å². The first-order valence-corrected chi connectivity index (χ1v) is 11.9. The molecule has 1 aliphatic heterocycles. The first-order valence-electron chi connectivity index (χ1n) is 9.72. The molecule has 25 heavy (non-hydrogen) atoms. The lowest BCUT2D eigenvalue weighted by atomic mass is 9.72. The zero-order valence-corrected chi connectivity index (χ0v) is 18.0. The second-order valence-electron chi connectivity index (χ2n) is 7.78. The molecular formula is C21H29BrN2S. The Bertz CT molecular complexity index is 769. The molecule has 4 rings (SSSR count). The van der Waals surface area contributed by atoms with E-state index in [-0.39, 0.29) is 0 Å². The van der Waals surface area contributed by atoms with Crippen LogP contribution in [0.15, 0.2) is 16.6 Å². The molecule has 1 saturated heterocycles. The summed E-state index contributed by atoms with van der Waals surface area (Å²) in [5.41, 5.74) is 5.99. The van der Waals surface area contributed by atoms with Crippen LogP contribution in [0.5, 0.6) is 0 Å². The van der Waals surface area contributed by atoms with E-state index in [9.17, 15) is 0 Å². The molecule has 1 aromatic heterocycles. The van der Waals surface area contributed by atoms with Crippen molar-refractivity contribution in [1.29, 1.82) is 0 Å². The number of thioether (sulfide) groups is 1. The van der Waals surface area contributed by atoms with Crippen LogP contribution in [0.25, 0.3) is 10.9 Å². The van der Waals surface area contributed by atoms with E-state index in [4.69, 9.17) is 0 Å². The summed E-state index contributed by atoms with van der Waals surface area (Å²) in [6.45, 7) is 7.13. The number of hydrogen-bond acceptors (Lipinski definition) is 2. The largest absolute Gasteiger partial charge is 0.358 e. The number of aromatic amines is 1. The molecule has 0 spiro atoms. The number of likely N-dealkylation sites (tertiary alicyclic amines) is 1. The molecule has 0 radical (unpaired) electrons. The van der Waals surface area contributed by atoms with Crippen LogP contribution >= 0.6 is 27.7 Å². The minimum Gasteiger partial charge on any atom is -0.358 e. The molecule has 1 aromatic carbocycles. The molecule has 1 aliphatic carbocycles. The molecule has 1 N–H and O–H groups in total. The number of hydrogen-bond donors (Lipinski definition) is 1. The van der Waals surface area contributed by atoms with Crippen molar-refractivity contribution < 1.29 is 0 Å². The number of aromatic nitrogens is 1. The molecule has 4 heteroatoms. The molecule has 0 bridgehead atoms. The summed E-state index contributed by atoms with van der Waals surface area (Å²) in [7, 11) is 0. The van der Waals surface area contributed by atoms with E-state index < -0.39 is 0 Å². The van der Waals surface area contributed by atoms with Gasteiger partial charge in [-0.1, -0.05) is 29.8 Å². The lowest BCUT2D eigenvalue weighted by Crippen LogP contribution is -2.50. The summed E-state index contributed by atoms with van der Waals surface area (Å²) in [6, 6.07) is 5.37. The Morgan fingerprint density at radius 2 is 2.16 bits per heavy atom. The van der Waals surface area contributed by atoms with Crippen molar-refractivity contribution in [3.63, 3.8) is 0 Å². The van der Waals surface area contributed by atoms with Crippen molar-refractivity contribution in [3.8, 4) is 0 Å². The summed E-state index contributed by atoms with van der Waals surface area (Å²) in [4.78, 5) is 6.54. The van der Waals surface area contributed by atoms with Gasteiger partial charge in [0.2, 0.25) is 0 Å². The van der Waals surface area contributed by atoms with Gasteiger partial charge >= 0.3 is 0 Å². The maximum Gasteiger partial charge on any atom is 0.0473 e. The van der Waals surface area contributed by atoms with Crippen LogP contribution in [0.2, 0.25) is 0 Å². The van der Waals surface area contributed by atoms with Crippen molar-refractivity contribution in [2.24, 2.45) is 5.92 Å². The molecule has 2 nitrogen and oxygen atoms in total. The van der Waals surface area contributed by atoms with Crippen LogP contribution in [0, 0.1) is 5.92 Å². The number of nitrogens with zero attached hydrogens (tertiary/aromatic N) is 1. The van der Waals surface area contributed by atoms with E-state index in [0.717, 1.165) is 12.3 Å². The smallest absolute Gasteiger partial charge is 0.0473 e. The van der Waals surface area contributed by atoms with Crippen LogP contribution in [0.1, 0.15) is 49.4 Å². The molecule has 1 unspecified atom stereocenters. The monoisotopic (exact) mass is 420 g/mol. The van der Waals surface area contributed by atoms with E-state index in [1.807, 2.05) is 11.8 Å². The fourth-order valence-electron chi connectivity index (χ4n) is 5.30. The lowest BCUT2D eigenvalue weighted by Gasteiger charge is -2.47. The summed E-state index contributed by atoms with van der Waals surface area (Å²) < 4.78 is 1.22. The van der Waals surface area contributed by atoms with E-state index >= 15 is 0 Å². The van der Waals surface area contributed by atoms with E-state index in [1.54, 1.807) is 16.5 Å². The highest BCUT2D eigenvalue weighted by Crippen LogP contribution is 2.47. The highest BCUT2D eigenvalue weighted by atomic mass is 79.9. The number of nitrogens with one attached hydrogen (secondary N) is 1. The van der Waals surface area contributed by atoms with Gasteiger partial charge in [0.25, 0.3) is 0 Å². The Kier molecular flexibility index (Phi) is 5.23. The molecule has 2 heterocycles. The fourth-order valence-corrected chi connectivity index (χ4v) is 6.49. The number of halogens is 1. The maximum atomic E-state index is 3.77. The van der Waals surface area contributed by atoms with Crippen LogP contribution in [-0.4, -0.2) is 41.0 Å². The van der Waals surface area contributed by atoms with Crippen molar-refractivity contribution in [2.75, 3.05) is 25.1 Å². The zero-order chi connectivity index (χ0) is 17.6. The summed E-state index contributed by atoms with van der Waals surface area (Å²) >= 11 is 5.79. The fraction of sp³-hybridized carbons (Fsp3) is 0.619. The number of H-pyrrole nitrogens is 1. The Morgan fingerprint density at radius 1 is 1.32 bits per heavy atom. The second kappa shape index (κ2) is 7.28. The van der Waals surface area contributed by atoms with Gasteiger partial charge < -0.3 is 4.98 Å². The van der Waals surface area contributed by atoms with Crippen molar-refractivity contribution in [3.05, 3.63) is 33.4 Å². The molecule has 0 saturated carbocycles. The van der Waals surface area contributed by atoms with Crippen LogP contribution < -0.4 is 0 Å². The van der Waals surface area contributed by atoms with Crippen molar-refractivity contribution >= 4 is 38.6 Å². The van der Waals surface area contributed by atoms with Gasteiger partial charge in [0, 0.05) is 39.6 Å². The molecule has 3 atom stereocenters. The third-order valence-corrected chi connectivity index (χ3v) is 7.44. The maximum absolute atomic E-state index is 3.77. The molecule has 136 valence electrons. The number of aryl methyl sites for hydroxylation is 1. The summed E-state index contributed by atoms with van der Waals surface area (Å²) in [6.07, 6.45) is 7.19. The van der Waals surface area contributed by atoms with E-state index in [2.05, 4.69) is 58.0 Å². The van der Waals surface area contributed by atoms with E-state index in [0.29, 0.717) is 12.0 Å². The molecule has 2 aromatic rings.